The number of hydrogen-bond acceptors (Lipinski definition) is 4. The molecule has 4 aromatic rings. The largest absolute Gasteiger partial charge is 0.494 e. The summed E-state index contributed by atoms with van der Waals surface area (Å²) in [7, 11) is 1.92. The molecule has 0 saturated heterocycles. The minimum atomic E-state index is -0.657. The number of aromatic amines is 2. The zero-order valence-electron chi connectivity index (χ0n) is 17.7. The SMILES string of the molecule is Cc1ccc(C)c(-n2c(O)c([C@H]3c4[nH]c5ccccc5c4CCN3C)c(=O)[nH]c2=O)c1. The zero-order chi connectivity index (χ0) is 21.9. The number of nitrogens with one attached hydrogen (secondary N) is 2. The van der Waals surface area contributed by atoms with Crippen molar-refractivity contribution in [1.29, 1.82) is 0 Å². The van der Waals surface area contributed by atoms with Crippen molar-refractivity contribution < 1.29 is 5.11 Å². The molecule has 3 heterocycles. The minimum Gasteiger partial charge on any atom is -0.494 e. The highest BCUT2D eigenvalue weighted by atomic mass is 16.3. The average molecular weight is 416 g/mol. The van der Waals surface area contributed by atoms with Gasteiger partial charge in [0.15, 0.2) is 0 Å². The van der Waals surface area contributed by atoms with E-state index in [0.29, 0.717) is 5.69 Å². The third-order valence-electron chi connectivity index (χ3n) is 6.28. The molecule has 2 aromatic carbocycles. The van der Waals surface area contributed by atoms with Crippen LogP contribution >= 0.6 is 0 Å². The van der Waals surface area contributed by atoms with Gasteiger partial charge in [0.1, 0.15) is 5.56 Å². The maximum absolute atomic E-state index is 13.0. The van der Waals surface area contributed by atoms with Crippen LogP contribution in [0, 0.1) is 13.8 Å². The van der Waals surface area contributed by atoms with E-state index in [9.17, 15) is 14.7 Å². The number of likely N-dealkylation sites (N-methyl/N-ethyl adjacent to an activating group) is 1. The first kappa shape index (κ1) is 19.4. The Morgan fingerprint density at radius 3 is 2.65 bits per heavy atom. The molecule has 7 heteroatoms. The van der Waals surface area contributed by atoms with E-state index in [0.717, 1.165) is 46.3 Å². The summed E-state index contributed by atoms with van der Waals surface area (Å²) in [6, 6.07) is 13.2. The lowest BCUT2D eigenvalue weighted by molar-refractivity contribution is 0.251. The Bertz CT molecular complexity index is 1440. The summed E-state index contributed by atoms with van der Waals surface area (Å²) in [6.45, 7) is 4.51. The fraction of sp³-hybridized carbons (Fsp3) is 0.250. The van der Waals surface area contributed by atoms with Crippen molar-refractivity contribution in [1.82, 2.24) is 19.4 Å². The van der Waals surface area contributed by atoms with Crippen molar-refractivity contribution >= 4 is 10.9 Å². The van der Waals surface area contributed by atoms with Crippen LogP contribution in [0.25, 0.3) is 16.6 Å². The number of aryl methyl sites for hydroxylation is 2. The highest BCUT2D eigenvalue weighted by molar-refractivity contribution is 5.85. The van der Waals surface area contributed by atoms with Crippen LogP contribution in [0.2, 0.25) is 0 Å². The van der Waals surface area contributed by atoms with Gasteiger partial charge in [-0.2, -0.15) is 0 Å². The van der Waals surface area contributed by atoms with Gasteiger partial charge in [0.05, 0.1) is 11.7 Å². The molecule has 0 unspecified atom stereocenters. The van der Waals surface area contributed by atoms with Crippen molar-refractivity contribution in [2.24, 2.45) is 0 Å². The Hall–Kier alpha value is -3.58. The van der Waals surface area contributed by atoms with Crippen LogP contribution in [-0.4, -0.2) is 38.1 Å². The van der Waals surface area contributed by atoms with Crippen LogP contribution in [-0.2, 0) is 6.42 Å². The number of benzene rings is 2. The second kappa shape index (κ2) is 6.99. The van der Waals surface area contributed by atoms with E-state index >= 15 is 0 Å². The maximum atomic E-state index is 13.0. The smallest absolute Gasteiger partial charge is 0.335 e. The molecule has 0 radical (unpaired) electrons. The summed E-state index contributed by atoms with van der Waals surface area (Å²) in [4.78, 5) is 33.7. The van der Waals surface area contributed by atoms with Gasteiger partial charge in [-0.25, -0.2) is 9.36 Å². The van der Waals surface area contributed by atoms with Gasteiger partial charge in [0.2, 0.25) is 5.88 Å². The number of hydrogen-bond donors (Lipinski definition) is 3. The maximum Gasteiger partial charge on any atom is 0.335 e. The van der Waals surface area contributed by atoms with Crippen molar-refractivity contribution in [3.05, 3.63) is 91.3 Å². The predicted molar refractivity (Wildman–Crippen MR) is 120 cm³/mol. The van der Waals surface area contributed by atoms with Gasteiger partial charge < -0.3 is 10.1 Å². The van der Waals surface area contributed by atoms with E-state index in [1.54, 1.807) is 0 Å². The van der Waals surface area contributed by atoms with Crippen molar-refractivity contribution in [3.8, 4) is 11.6 Å². The van der Waals surface area contributed by atoms with Crippen LogP contribution in [0.15, 0.2) is 52.1 Å². The molecule has 5 rings (SSSR count). The summed E-state index contributed by atoms with van der Waals surface area (Å²) >= 11 is 0. The van der Waals surface area contributed by atoms with Crippen LogP contribution < -0.4 is 11.2 Å². The molecule has 0 saturated carbocycles. The van der Waals surface area contributed by atoms with Gasteiger partial charge >= 0.3 is 5.69 Å². The van der Waals surface area contributed by atoms with Crippen LogP contribution in [0.5, 0.6) is 5.88 Å². The third-order valence-corrected chi connectivity index (χ3v) is 6.28. The van der Waals surface area contributed by atoms with E-state index in [1.807, 2.05) is 62.2 Å². The highest BCUT2D eigenvalue weighted by Gasteiger charge is 2.34. The predicted octanol–water partition coefficient (Wildman–Crippen LogP) is 2.91. The number of fused-ring (bicyclic) bond motifs is 3. The minimum absolute atomic E-state index is 0.163. The average Bonchev–Trinajstić information content (AvgIpc) is 3.10. The Labute approximate surface area is 178 Å². The molecule has 3 N–H and O–H groups in total. The molecule has 0 bridgehead atoms. The zero-order valence-corrected chi connectivity index (χ0v) is 17.7. The number of aromatic nitrogens is 3. The fourth-order valence-corrected chi connectivity index (χ4v) is 4.69. The fourth-order valence-electron chi connectivity index (χ4n) is 4.69. The Morgan fingerprint density at radius 1 is 1.06 bits per heavy atom. The monoisotopic (exact) mass is 416 g/mol. The molecule has 1 aliphatic heterocycles. The van der Waals surface area contributed by atoms with Gasteiger partial charge in [-0.15, -0.1) is 0 Å². The third kappa shape index (κ3) is 2.92. The highest BCUT2D eigenvalue weighted by Crippen LogP contribution is 2.39. The quantitative estimate of drug-likeness (QED) is 0.468. The number of nitrogens with zero attached hydrogens (tertiary/aromatic N) is 2. The molecule has 0 spiro atoms. The van der Waals surface area contributed by atoms with E-state index in [2.05, 4.69) is 16.0 Å². The van der Waals surface area contributed by atoms with Crippen molar-refractivity contribution in [2.45, 2.75) is 26.3 Å². The number of aromatic hydroxyl groups is 1. The van der Waals surface area contributed by atoms with Crippen LogP contribution in [0.1, 0.15) is 34.0 Å². The first-order valence-corrected chi connectivity index (χ1v) is 10.3. The first-order valence-electron chi connectivity index (χ1n) is 10.3. The molecule has 0 fully saturated rings. The summed E-state index contributed by atoms with van der Waals surface area (Å²) < 4.78 is 1.20. The van der Waals surface area contributed by atoms with Crippen molar-refractivity contribution in [2.75, 3.05) is 13.6 Å². The Kier molecular flexibility index (Phi) is 4.37. The van der Waals surface area contributed by atoms with E-state index < -0.39 is 17.3 Å². The Balaban J connectivity index is 1.80. The van der Waals surface area contributed by atoms with E-state index in [-0.39, 0.29) is 11.4 Å². The lowest BCUT2D eigenvalue weighted by Crippen LogP contribution is -2.39. The Morgan fingerprint density at radius 2 is 1.84 bits per heavy atom. The van der Waals surface area contributed by atoms with Gasteiger partial charge in [-0.3, -0.25) is 14.7 Å². The molecule has 158 valence electrons. The molecule has 31 heavy (non-hydrogen) atoms. The summed E-state index contributed by atoms with van der Waals surface area (Å²) in [5, 5.41) is 12.4. The van der Waals surface area contributed by atoms with Gasteiger partial charge in [0, 0.05) is 23.1 Å². The summed E-state index contributed by atoms with van der Waals surface area (Å²) in [6.07, 6.45) is 0.835. The molecule has 1 atom stereocenters. The molecular formula is C24H24N4O3. The first-order chi connectivity index (χ1) is 14.9. The van der Waals surface area contributed by atoms with E-state index in [1.165, 1.54) is 4.57 Å². The van der Waals surface area contributed by atoms with Crippen molar-refractivity contribution in [3.63, 3.8) is 0 Å². The second-order valence-electron chi connectivity index (χ2n) is 8.32. The number of para-hydroxylation sites is 1. The molecule has 7 nitrogen and oxygen atoms in total. The molecule has 0 amide bonds. The molecular weight excluding hydrogens is 392 g/mol. The van der Waals surface area contributed by atoms with Gasteiger partial charge in [-0.1, -0.05) is 30.3 Å². The topological polar surface area (TPSA) is 94.1 Å². The van der Waals surface area contributed by atoms with E-state index in [4.69, 9.17) is 0 Å². The lowest BCUT2D eigenvalue weighted by atomic mass is 9.93. The number of rotatable bonds is 2. The molecule has 0 aliphatic carbocycles. The molecule has 2 aromatic heterocycles. The van der Waals surface area contributed by atoms with Crippen LogP contribution in [0.3, 0.4) is 0 Å². The molecule has 1 aliphatic rings. The summed E-state index contributed by atoms with van der Waals surface area (Å²) in [5.74, 6) is -0.328. The second-order valence-corrected chi connectivity index (χ2v) is 8.32. The normalized spacial score (nSPS) is 16.5. The standard InChI is InChI=1S/C24H24N4O3/c1-13-8-9-14(2)18(12-13)28-23(30)19(22(29)26-24(28)31)21-20-16(10-11-27(21)3)15-6-4-5-7-17(15)25-20/h4-9,12,21,25,30H,10-11H2,1-3H3,(H,26,29,31)/t21-/m0/s1. The van der Waals surface area contributed by atoms with Crippen LogP contribution in [0.4, 0.5) is 0 Å². The number of H-pyrrole nitrogens is 2. The van der Waals surface area contributed by atoms with Gasteiger partial charge in [0.25, 0.3) is 5.56 Å². The van der Waals surface area contributed by atoms with Gasteiger partial charge in [-0.05, 0) is 56.1 Å². The summed E-state index contributed by atoms with van der Waals surface area (Å²) in [5.41, 5.74) is 4.26. The lowest BCUT2D eigenvalue weighted by Gasteiger charge is -2.33.